The molecule has 3 aromatic heterocycles. The lowest BCUT2D eigenvalue weighted by atomic mass is 10.2. The molecule has 0 atom stereocenters. The Morgan fingerprint density at radius 1 is 1.06 bits per heavy atom. The summed E-state index contributed by atoms with van der Waals surface area (Å²) in [6, 6.07) is 3.64. The molecule has 0 unspecified atom stereocenters. The van der Waals surface area contributed by atoms with E-state index < -0.39 is 5.76 Å². The van der Waals surface area contributed by atoms with Gasteiger partial charge in [0.05, 0.1) is 18.1 Å². The molecule has 88 valence electrons. The molecule has 3 heterocycles. The molecule has 0 saturated carbocycles. The number of hydrogen-bond donors (Lipinski definition) is 1. The smallest absolute Gasteiger partial charge is 0.296 e. The van der Waals surface area contributed by atoms with Crippen LogP contribution in [0, 0.1) is 0 Å². The Kier molecular flexibility index (Phi) is 2.41. The Hall–Kier alpha value is -2.83. The fourth-order valence-electron chi connectivity index (χ4n) is 1.48. The molecule has 0 radical (unpaired) electrons. The van der Waals surface area contributed by atoms with Crippen molar-refractivity contribution < 1.29 is 4.52 Å². The molecule has 0 aliphatic carbocycles. The average molecular weight is 241 g/mol. The molecule has 0 bridgehead atoms. The van der Waals surface area contributed by atoms with Gasteiger partial charge >= 0.3 is 5.76 Å². The number of aromatic amines is 1. The van der Waals surface area contributed by atoms with Crippen LogP contribution >= 0.6 is 0 Å². The summed E-state index contributed by atoms with van der Waals surface area (Å²) in [7, 11) is 0. The Balaban J connectivity index is 2.07. The third kappa shape index (κ3) is 1.88. The topological polar surface area (TPSA) is 97.6 Å². The lowest BCUT2D eigenvalue weighted by Gasteiger charge is -2.00. The Labute approximate surface area is 101 Å². The van der Waals surface area contributed by atoms with Gasteiger partial charge in [0.2, 0.25) is 5.82 Å². The van der Waals surface area contributed by atoms with Gasteiger partial charge in [0.15, 0.2) is 0 Å². The minimum atomic E-state index is -0.624. The van der Waals surface area contributed by atoms with Crippen molar-refractivity contribution in [2.75, 3.05) is 0 Å². The largest absolute Gasteiger partial charge is 0.439 e. The second kappa shape index (κ2) is 4.21. The van der Waals surface area contributed by atoms with Crippen LogP contribution in [0.5, 0.6) is 0 Å². The standard InChI is InChI=1S/C11H7N5O2/c17-11-15-10(16-18-11)9-6-13-5-8(14-9)7-1-3-12-4-2-7/h1-6H,(H,15,16,17). The molecule has 7 heteroatoms. The number of aromatic nitrogens is 5. The molecule has 0 spiro atoms. The molecule has 7 nitrogen and oxygen atoms in total. The van der Waals surface area contributed by atoms with Crippen molar-refractivity contribution in [2.45, 2.75) is 0 Å². The van der Waals surface area contributed by atoms with Crippen molar-refractivity contribution in [1.29, 1.82) is 0 Å². The summed E-state index contributed by atoms with van der Waals surface area (Å²) < 4.78 is 4.43. The van der Waals surface area contributed by atoms with Gasteiger partial charge in [0.1, 0.15) is 5.69 Å². The van der Waals surface area contributed by atoms with E-state index in [2.05, 4.69) is 29.6 Å². The first-order valence-corrected chi connectivity index (χ1v) is 5.12. The van der Waals surface area contributed by atoms with E-state index in [0.29, 0.717) is 11.4 Å². The van der Waals surface area contributed by atoms with E-state index >= 15 is 0 Å². The third-order valence-corrected chi connectivity index (χ3v) is 2.29. The molecule has 0 fully saturated rings. The van der Waals surface area contributed by atoms with Crippen LogP contribution < -0.4 is 5.76 Å². The average Bonchev–Trinajstić information content (AvgIpc) is 2.87. The van der Waals surface area contributed by atoms with E-state index in [4.69, 9.17) is 0 Å². The van der Waals surface area contributed by atoms with E-state index in [9.17, 15) is 4.79 Å². The normalized spacial score (nSPS) is 10.4. The summed E-state index contributed by atoms with van der Waals surface area (Å²) in [5.74, 6) is -0.371. The van der Waals surface area contributed by atoms with Gasteiger partial charge < -0.3 is 0 Å². The second-order valence-electron chi connectivity index (χ2n) is 3.47. The zero-order valence-electron chi connectivity index (χ0n) is 9.07. The van der Waals surface area contributed by atoms with Crippen LogP contribution in [0.4, 0.5) is 0 Å². The molecule has 0 aliphatic heterocycles. The van der Waals surface area contributed by atoms with Crippen molar-refractivity contribution in [3.8, 4) is 22.8 Å². The summed E-state index contributed by atoms with van der Waals surface area (Å²) in [5.41, 5.74) is 1.99. The third-order valence-electron chi connectivity index (χ3n) is 2.29. The highest BCUT2D eigenvalue weighted by Gasteiger charge is 2.08. The van der Waals surface area contributed by atoms with Crippen molar-refractivity contribution >= 4 is 0 Å². The van der Waals surface area contributed by atoms with Gasteiger partial charge in [-0.05, 0) is 12.1 Å². The maximum absolute atomic E-state index is 10.9. The van der Waals surface area contributed by atoms with Crippen molar-refractivity contribution in [2.24, 2.45) is 0 Å². The zero-order chi connectivity index (χ0) is 12.4. The summed E-state index contributed by atoms with van der Waals surface area (Å²) >= 11 is 0. The molecule has 3 rings (SSSR count). The molecular weight excluding hydrogens is 234 g/mol. The predicted molar refractivity (Wildman–Crippen MR) is 61.4 cm³/mol. The fraction of sp³-hybridized carbons (Fsp3) is 0. The first kappa shape index (κ1) is 10.3. The highest BCUT2D eigenvalue weighted by Crippen LogP contribution is 2.17. The molecule has 0 saturated heterocycles. The van der Waals surface area contributed by atoms with Gasteiger partial charge in [-0.1, -0.05) is 5.16 Å². The predicted octanol–water partition coefficient (Wildman–Crippen LogP) is 0.882. The molecule has 3 aromatic rings. The van der Waals surface area contributed by atoms with Crippen LogP contribution in [0.2, 0.25) is 0 Å². The number of nitrogens with one attached hydrogen (secondary N) is 1. The molecule has 0 amide bonds. The first-order chi connectivity index (χ1) is 8.83. The SMILES string of the molecule is O=c1[nH]c(-c2cncc(-c3ccncc3)n2)no1. The minimum Gasteiger partial charge on any atom is -0.296 e. The summed E-state index contributed by atoms with van der Waals surface area (Å²) in [6.45, 7) is 0. The van der Waals surface area contributed by atoms with Crippen LogP contribution in [0.3, 0.4) is 0 Å². The van der Waals surface area contributed by atoms with Crippen LogP contribution in [-0.2, 0) is 0 Å². The molecule has 0 aliphatic rings. The van der Waals surface area contributed by atoms with E-state index in [1.807, 2.05) is 12.1 Å². The van der Waals surface area contributed by atoms with Crippen molar-refractivity contribution in [1.82, 2.24) is 25.1 Å². The lowest BCUT2D eigenvalue weighted by molar-refractivity contribution is 0.387. The minimum absolute atomic E-state index is 0.253. The van der Waals surface area contributed by atoms with Gasteiger partial charge in [-0.15, -0.1) is 0 Å². The van der Waals surface area contributed by atoms with Gasteiger partial charge in [0, 0.05) is 18.0 Å². The number of nitrogens with zero attached hydrogens (tertiary/aromatic N) is 4. The second-order valence-corrected chi connectivity index (χ2v) is 3.47. The van der Waals surface area contributed by atoms with E-state index in [1.165, 1.54) is 6.20 Å². The maximum atomic E-state index is 10.9. The number of rotatable bonds is 2. The summed E-state index contributed by atoms with van der Waals surface area (Å²) in [6.07, 6.45) is 6.46. The lowest BCUT2D eigenvalue weighted by Crippen LogP contribution is -1.96. The zero-order valence-corrected chi connectivity index (χ0v) is 9.07. The van der Waals surface area contributed by atoms with Crippen LogP contribution in [0.15, 0.2) is 46.2 Å². The number of pyridine rings is 1. The van der Waals surface area contributed by atoms with Gasteiger partial charge in [0.25, 0.3) is 0 Å². The Bertz CT molecular complexity index is 719. The monoisotopic (exact) mass is 241 g/mol. The van der Waals surface area contributed by atoms with E-state index in [1.54, 1.807) is 18.6 Å². The molecular formula is C11H7N5O2. The van der Waals surface area contributed by atoms with Crippen LogP contribution in [0.25, 0.3) is 22.8 Å². The highest BCUT2D eigenvalue weighted by molar-refractivity contribution is 5.60. The van der Waals surface area contributed by atoms with E-state index in [0.717, 1.165) is 5.56 Å². The van der Waals surface area contributed by atoms with Crippen LogP contribution in [-0.4, -0.2) is 25.1 Å². The highest BCUT2D eigenvalue weighted by atomic mass is 16.5. The fourth-order valence-corrected chi connectivity index (χ4v) is 1.48. The Morgan fingerprint density at radius 3 is 2.56 bits per heavy atom. The molecule has 0 aromatic carbocycles. The molecule has 1 N–H and O–H groups in total. The number of hydrogen-bond acceptors (Lipinski definition) is 6. The first-order valence-electron chi connectivity index (χ1n) is 5.12. The number of H-pyrrole nitrogens is 1. The quantitative estimate of drug-likeness (QED) is 0.715. The van der Waals surface area contributed by atoms with E-state index in [-0.39, 0.29) is 5.82 Å². The van der Waals surface area contributed by atoms with Crippen molar-refractivity contribution in [3.05, 3.63) is 47.5 Å². The van der Waals surface area contributed by atoms with Gasteiger partial charge in [-0.2, -0.15) is 0 Å². The van der Waals surface area contributed by atoms with Crippen molar-refractivity contribution in [3.63, 3.8) is 0 Å². The maximum Gasteiger partial charge on any atom is 0.439 e. The van der Waals surface area contributed by atoms with Gasteiger partial charge in [-0.25, -0.2) is 9.78 Å². The summed E-state index contributed by atoms with van der Waals surface area (Å²) in [5, 5.41) is 3.56. The van der Waals surface area contributed by atoms with Crippen LogP contribution in [0.1, 0.15) is 0 Å². The van der Waals surface area contributed by atoms with Gasteiger partial charge in [-0.3, -0.25) is 19.5 Å². The summed E-state index contributed by atoms with van der Waals surface area (Å²) in [4.78, 5) is 25.6. The Morgan fingerprint density at radius 2 is 1.83 bits per heavy atom. The molecule has 18 heavy (non-hydrogen) atoms.